The number of rotatable bonds is 10. The fourth-order valence-corrected chi connectivity index (χ4v) is 2.71. The summed E-state index contributed by atoms with van der Waals surface area (Å²) in [6.07, 6.45) is -8.37. The van der Waals surface area contributed by atoms with E-state index in [0.29, 0.717) is 0 Å². The third-order valence-corrected chi connectivity index (χ3v) is 4.96. The minimum absolute atomic E-state index is 0.151. The molecule has 0 rings (SSSR count). The third kappa shape index (κ3) is 13.9. The number of hydrogen-bond acceptors (Lipinski definition) is 6. The third-order valence-electron chi connectivity index (χ3n) is 4.96. The van der Waals surface area contributed by atoms with Gasteiger partial charge in [0.25, 0.3) is 0 Å². The summed E-state index contributed by atoms with van der Waals surface area (Å²) in [5.41, 5.74) is -0.413. The van der Waals surface area contributed by atoms with Crippen molar-refractivity contribution in [2.24, 2.45) is 29.1 Å². The molecule has 0 aliphatic rings. The van der Waals surface area contributed by atoms with E-state index in [9.17, 15) is 22.8 Å². The van der Waals surface area contributed by atoms with Crippen molar-refractivity contribution in [2.75, 3.05) is 6.61 Å². The van der Waals surface area contributed by atoms with Crippen LogP contribution in [0.2, 0.25) is 0 Å². The molecular weight excluding hydrogens is 429 g/mol. The smallest absolute Gasteiger partial charge is 0.391 e. The molecule has 0 aromatic heterocycles. The normalized spacial score (nSPS) is 16.2. The van der Waals surface area contributed by atoms with Gasteiger partial charge in [-0.25, -0.2) is 0 Å². The summed E-state index contributed by atoms with van der Waals surface area (Å²) in [6.45, 7) is 18.1. The Kier molecular flexibility index (Phi) is 14.4. The molecule has 192 valence electrons. The molecule has 0 spiro atoms. The molecule has 4 atom stereocenters. The summed E-state index contributed by atoms with van der Waals surface area (Å²) in [5.74, 6) is -1.36. The van der Waals surface area contributed by atoms with Crippen LogP contribution in [0.1, 0.15) is 75.7 Å². The highest BCUT2D eigenvalue weighted by molar-refractivity contribution is 5.72. The summed E-state index contributed by atoms with van der Waals surface area (Å²) in [6, 6.07) is 0. The highest BCUT2D eigenvalue weighted by atomic mass is 19.4. The fraction of sp³-hybridized carbons (Fsp3) is 0.913. The summed E-state index contributed by atoms with van der Waals surface area (Å²) in [7, 11) is 0. The minimum Gasteiger partial charge on any atom is -0.465 e. The van der Waals surface area contributed by atoms with Gasteiger partial charge in [-0.15, -0.1) is 0 Å². The maximum atomic E-state index is 11.8. The first-order valence-electron chi connectivity index (χ1n) is 11.0. The number of aliphatic hydroxyl groups excluding tert-OH is 2. The zero-order chi connectivity index (χ0) is 26.0. The van der Waals surface area contributed by atoms with Crippen molar-refractivity contribution >= 4 is 11.9 Å². The largest absolute Gasteiger partial charge is 0.465 e. The van der Waals surface area contributed by atoms with Gasteiger partial charge < -0.3 is 19.7 Å². The first-order chi connectivity index (χ1) is 14.2. The Labute approximate surface area is 190 Å². The second kappa shape index (κ2) is 14.0. The van der Waals surface area contributed by atoms with Crippen LogP contribution in [-0.2, 0) is 19.1 Å². The molecule has 0 fully saturated rings. The minimum atomic E-state index is -4.37. The number of ether oxygens (including phenoxy) is 2. The van der Waals surface area contributed by atoms with Gasteiger partial charge in [0.05, 0.1) is 37.1 Å². The molecule has 32 heavy (non-hydrogen) atoms. The van der Waals surface area contributed by atoms with E-state index >= 15 is 0 Å². The van der Waals surface area contributed by atoms with Gasteiger partial charge in [-0.3, -0.25) is 9.59 Å². The van der Waals surface area contributed by atoms with Crippen molar-refractivity contribution in [2.45, 2.75) is 100 Å². The average molecular weight is 473 g/mol. The van der Waals surface area contributed by atoms with E-state index in [1.54, 1.807) is 13.8 Å². The lowest BCUT2D eigenvalue weighted by Crippen LogP contribution is -2.42. The van der Waals surface area contributed by atoms with E-state index in [4.69, 9.17) is 19.7 Å². The Bertz CT molecular complexity index is 556. The Morgan fingerprint density at radius 1 is 0.844 bits per heavy atom. The van der Waals surface area contributed by atoms with Gasteiger partial charge in [-0.2, -0.15) is 13.2 Å². The van der Waals surface area contributed by atoms with Gasteiger partial charge in [0, 0.05) is 11.3 Å². The Morgan fingerprint density at radius 2 is 1.28 bits per heavy atom. The molecule has 0 heterocycles. The predicted molar refractivity (Wildman–Crippen MR) is 117 cm³/mol. The van der Waals surface area contributed by atoms with Crippen molar-refractivity contribution in [3.05, 3.63) is 0 Å². The van der Waals surface area contributed by atoms with Crippen LogP contribution in [0, 0.1) is 29.1 Å². The number of halogens is 3. The first kappa shape index (κ1) is 32.8. The van der Waals surface area contributed by atoms with Crippen molar-refractivity contribution in [3.8, 4) is 0 Å². The van der Waals surface area contributed by atoms with Crippen LogP contribution in [0.15, 0.2) is 0 Å². The highest BCUT2D eigenvalue weighted by Gasteiger charge is 2.37. The Balaban J connectivity index is 0. The number of esters is 2. The SMILES string of the molecule is CC(C)C(=O)OCC(C)(C)C(OC(=O)C(C)C)C(C)C.CC(O)C(C)C(O)CC(F)(F)F. The van der Waals surface area contributed by atoms with Crippen molar-refractivity contribution in [1.82, 2.24) is 0 Å². The average Bonchev–Trinajstić information content (AvgIpc) is 2.61. The molecule has 0 aliphatic carbocycles. The predicted octanol–water partition coefficient (Wildman–Crippen LogP) is 4.75. The molecule has 2 N–H and O–H groups in total. The van der Waals surface area contributed by atoms with Gasteiger partial charge in [0.2, 0.25) is 0 Å². The topological polar surface area (TPSA) is 93.1 Å². The summed E-state index contributed by atoms with van der Waals surface area (Å²) >= 11 is 0. The Morgan fingerprint density at radius 3 is 1.59 bits per heavy atom. The highest BCUT2D eigenvalue weighted by Crippen LogP contribution is 2.30. The lowest BCUT2D eigenvalue weighted by Gasteiger charge is -2.36. The monoisotopic (exact) mass is 472 g/mol. The van der Waals surface area contributed by atoms with Gasteiger partial charge in [0.15, 0.2) is 0 Å². The molecule has 6 nitrogen and oxygen atoms in total. The standard InChI is InChI=1S/C16H30O4.C7H13F3O2/c1-10(2)13(20-15(18)12(5)6)16(7,8)9-19-14(17)11(3)4;1-4(5(2)11)6(12)3-7(8,9)10/h10-13H,9H2,1-8H3;4-6,11-12H,3H2,1-2H3. The molecule has 0 aromatic carbocycles. The fourth-order valence-electron chi connectivity index (χ4n) is 2.71. The van der Waals surface area contributed by atoms with E-state index in [1.165, 1.54) is 13.8 Å². The summed E-state index contributed by atoms with van der Waals surface area (Å²) < 4.78 is 46.0. The van der Waals surface area contributed by atoms with Gasteiger partial charge in [-0.05, 0) is 12.8 Å². The molecule has 0 bridgehead atoms. The molecule has 0 amide bonds. The Hall–Kier alpha value is -1.35. The van der Waals surface area contributed by atoms with Crippen LogP contribution < -0.4 is 0 Å². The van der Waals surface area contributed by atoms with Gasteiger partial charge >= 0.3 is 18.1 Å². The van der Waals surface area contributed by atoms with E-state index < -0.39 is 36.1 Å². The maximum absolute atomic E-state index is 11.8. The lowest BCUT2D eigenvalue weighted by atomic mass is 9.81. The van der Waals surface area contributed by atoms with Crippen LogP contribution in [0.5, 0.6) is 0 Å². The molecule has 0 saturated heterocycles. The number of aliphatic hydroxyl groups is 2. The van der Waals surface area contributed by atoms with E-state index in [0.717, 1.165) is 0 Å². The van der Waals surface area contributed by atoms with E-state index in [2.05, 4.69) is 0 Å². The van der Waals surface area contributed by atoms with Crippen LogP contribution in [-0.4, -0.2) is 53.2 Å². The zero-order valence-electron chi connectivity index (χ0n) is 21.1. The van der Waals surface area contributed by atoms with Gasteiger partial charge in [-0.1, -0.05) is 62.3 Å². The van der Waals surface area contributed by atoms with E-state index in [1.807, 2.05) is 41.5 Å². The lowest BCUT2D eigenvalue weighted by molar-refractivity contribution is -0.169. The summed E-state index contributed by atoms with van der Waals surface area (Å²) in [4.78, 5) is 23.4. The number of hydrogen-bond donors (Lipinski definition) is 2. The van der Waals surface area contributed by atoms with Crippen molar-refractivity contribution < 1.29 is 42.4 Å². The quantitative estimate of drug-likeness (QED) is 0.446. The summed E-state index contributed by atoms with van der Waals surface area (Å²) in [5, 5.41) is 17.8. The molecule has 9 heteroatoms. The van der Waals surface area contributed by atoms with Crippen molar-refractivity contribution in [1.29, 1.82) is 0 Å². The van der Waals surface area contributed by atoms with Crippen LogP contribution in [0.3, 0.4) is 0 Å². The van der Waals surface area contributed by atoms with Gasteiger partial charge in [0.1, 0.15) is 6.10 Å². The molecule has 0 saturated carbocycles. The molecular formula is C23H43F3O6. The van der Waals surface area contributed by atoms with Crippen LogP contribution in [0.25, 0.3) is 0 Å². The first-order valence-corrected chi connectivity index (χ1v) is 11.0. The molecule has 0 aliphatic heterocycles. The second-order valence-electron chi connectivity index (χ2n) is 9.99. The number of alkyl halides is 3. The van der Waals surface area contributed by atoms with Crippen LogP contribution >= 0.6 is 0 Å². The van der Waals surface area contributed by atoms with Crippen LogP contribution in [0.4, 0.5) is 13.2 Å². The number of carbonyl (C=O) groups is 2. The number of carbonyl (C=O) groups excluding carboxylic acids is 2. The van der Waals surface area contributed by atoms with Crippen molar-refractivity contribution in [3.63, 3.8) is 0 Å². The van der Waals surface area contributed by atoms with E-state index in [-0.39, 0.29) is 42.4 Å². The molecule has 0 radical (unpaired) electrons. The molecule has 0 aromatic rings. The molecule has 4 unspecified atom stereocenters. The maximum Gasteiger partial charge on any atom is 0.391 e. The zero-order valence-corrected chi connectivity index (χ0v) is 21.1. The second-order valence-corrected chi connectivity index (χ2v) is 9.99.